The Balaban J connectivity index is 1.71. The van der Waals surface area contributed by atoms with Gasteiger partial charge in [-0.25, -0.2) is 9.37 Å². The molecule has 8 nitrogen and oxygen atoms in total. The van der Waals surface area contributed by atoms with E-state index in [9.17, 15) is 9.18 Å². The predicted octanol–water partition coefficient (Wildman–Crippen LogP) is 2.33. The summed E-state index contributed by atoms with van der Waals surface area (Å²) >= 11 is 0. The molecule has 2 heterocycles. The second-order valence-electron chi connectivity index (χ2n) is 5.83. The fourth-order valence-electron chi connectivity index (χ4n) is 2.46. The van der Waals surface area contributed by atoms with E-state index in [1.54, 1.807) is 23.0 Å². The molecule has 0 saturated carbocycles. The van der Waals surface area contributed by atoms with Gasteiger partial charge < -0.3 is 16.4 Å². The van der Waals surface area contributed by atoms with Crippen LogP contribution in [0.1, 0.15) is 22.8 Å². The molecule has 0 saturated heterocycles. The molecular weight excluding hydrogens is 349 g/mol. The van der Waals surface area contributed by atoms with Crippen LogP contribution in [0.2, 0.25) is 0 Å². The van der Waals surface area contributed by atoms with Crippen LogP contribution >= 0.6 is 0 Å². The van der Waals surface area contributed by atoms with E-state index in [2.05, 4.69) is 25.7 Å². The molecule has 0 aliphatic rings. The third kappa shape index (κ3) is 4.78. The van der Waals surface area contributed by atoms with Gasteiger partial charge in [0.2, 0.25) is 5.95 Å². The second kappa shape index (κ2) is 8.26. The maximum Gasteiger partial charge on any atom is 0.254 e. The summed E-state index contributed by atoms with van der Waals surface area (Å²) in [6, 6.07) is 6.25. The van der Waals surface area contributed by atoms with Crippen molar-refractivity contribution in [2.45, 2.75) is 19.9 Å². The van der Waals surface area contributed by atoms with E-state index in [0.29, 0.717) is 24.7 Å². The molecule has 1 aromatic carbocycles. The SMILES string of the molecule is CCn1cc(Nc2ncc(C(N)=O)c(NCCc3ccc(F)cc3)n2)cn1. The van der Waals surface area contributed by atoms with Crippen LogP contribution in [0.25, 0.3) is 0 Å². The van der Waals surface area contributed by atoms with Gasteiger partial charge in [-0.3, -0.25) is 9.48 Å². The number of amides is 1. The molecule has 0 unspecified atom stereocenters. The van der Waals surface area contributed by atoms with E-state index in [-0.39, 0.29) is 11.4 Å². The van der Waals surface area contributed by atoms with Crippen molar-refractivity contribution in [1.82, 2.24) is 19.7 Å². The van der Waals surface area contributed by atoms with Crippen LogP contribution in [0.15, 0.2) is 42.9 Å². The van der Waals surface area contributed by atoms with Gasteiger partial charge in [-0.05, 0) is 31.0 Å². The summed E-state index contributed by atoms with van der Waals surface area (Å²) in [6.45, 7) is 3.23. The molecule has 0 aliphatic carbocycles. The lowest BCUT2D eigenvalue weighted by Crippen LogP contribution is -2.18. The number of nitrogens with two attached hydrogens (primary N) is 1. The predicted molar refractivity (Wildman–Crippen MR) is 100 cm³/mol. The largest absolute Gasteiger partial charge is 0.369 e. The van der Waals surface area contributed by atoms with Crippen molar-refractivity contribution in [3.63, 3.8) is 0 Å². The molecule has 3 aromatic rings. The minimum Gasteiger partial charge on any atom is -0.369 e. The third-order valence-electron chi connectivity index (χ3n) is 3.89. The van der Waals surface area contributed by atoms with Crippen molar-refractivity contribution in [3.8, 4) is 0 Å². The van der Waals surface area contributed by atoms with Crippen molar-refractivity contribution in [2.24, 2.45) is 5.73 Å². The highest BCUT2D eigenvalue weighted by molar-refractivity contribution is 5.97. The van der Waals surface area contributed by atoms with Crippen LogP contribution in [0.3, 0.4) is 0 Å². The number of aromatic nitrogens is 4. The molecule has 27 heavy (non-hydrogen) atoms. The molecule has 9 heteroatoms. The Hall–Kier alpha value is -3.49. The van der Waals surface area contributed by atoms with Gasteiger partial charge in [0.25, 0.3) is 5.91 Å². The molecule has 140 valence electrons. The van der Waals surface area contributed by atoms with E-state index in [1.807, 2.05) is 13.1 Å². The average molecular weight is 369 g/mol. The summed E-state index contributed by atoms with van der Waals surface area (Å²) in [7, 11) is 0. The number of carbonyl (C=O) groups is 1. The molecule has 3 rings (SSSR count). The number of rotatable bonds is 8. The lowest BCUT2D eigenvalue weighted by Gasteiger charge is -2.11. The lowest BCUT2D eigenvalue weighted by molar-refractivity contribution is 0.100. The van der Waals surface area contributed by atoms with Gasteiger partial charge in [0.05, 0.1) is 17.4 Å². The highest BCUT2D eigenvalue weighted by Crippen LogP contribution is 2.17. The number of nitrogens with one attached hydrogen (secondary N) is 2. The summed E-state index contributed by atoms with van der Waals surface area (Å²) in [5.74, 6) is -0.241. The quantitative estimate of drug-likeness (QED) is 0.562. The number of carbonyl (C=O) groups excluding carboxylic acids is 1. The zero-order chi connectivity index (χ0) is 19.2. The Morgan fingerprint density at radius 3 is 2.70 bits per heavy atom. The number of primary amides is 1. The maximum atomic E-state index is 13.0. The van der Waals surface area contributed by atoms with Crippen molar-refractivity contribution in [1.29, 1.82) is 0 Å². The first-order valence-electron chi connectivity index (χ1n) is 8.50. The summed E-state index contributed by atoms with van der Waals surface area (Å²) in [5, 5.41) is 10.3. The number of hydrogen-bond donors (Lipinski definition) is 3. The van der Waals surface area contributed by atoms with Gasteiger partial charge in [0.15, 0.2) is 0 Å². The van der Waals surface area contributed by atoms with Gasteiger partial charge >= 0.3 is 0 Å². The topological polar surface area (TPSA) is 111 Å². The fraction of sp³-hybridized carbons (Fsp3) is 0.222. The van der Waals surface area contributed by atoms with Crippen LogP contribution < -0.4 is 16.4 Å². The van der Waals surface area contributed by atoms with Crippen molar-refractivity contribution < 1.29 is 9.18 Å². The molecule has 0 fully saturated rings. The average Bonchev–Trinajstić information content (AvgIpc) is 3.11. The molecule has 4 N–H and O–H groups in total. The van der Waals surface area contributed by atoms with Gasteiger partial charge in [-0.15, -0.1) is 0 Å². The van der Waals surface area contributed by atoms with Crippen LogP contribution in [-0.2, 0) is 13.0 Å². The molecule has 2 aromatic heterocycles. The first-order chi connectivity index (χ1) is 13.0. The van der Waals surface area contributed by atoms with E-state index in [1.165, 1.54) is 18.3 Å². The number of aryl methyl sites for hydroxylation is 1. The van der Waals surface area contributed by atoms with Crippen molar-refractivity contribution in [2.75, 3.05) is 17.2 Å². The third-order valence-corrected chi connectivity index (χ3v) is 3.89. The second-order valence-corrected chi connectivity index (χ2v) is 5.83. The smallest absolute Gasteiger partial charge is 0.254 e. The van der Waals surface area contributed by atoms with Crippen molar-refractivity contribution in [3.05, 3.63) is 59.8 Å². The van der Waals surface area contributed by atoms with Crippen LogP contribution in [0, 0.1) is 5.82 Å². The standard InChI is InChI=1S/C18H20FN7O/c1-2-26-11-14(9-23-26)24-18-22-10-15(16(20)27)17(25-18)21-8-7-12-3-5-13(19)6-4-12/h3-6,9-11H,2,7-8H2,1H3,(H2,20,27)(H2,21,22,24,25). The van der Waals surface area contributed by atoms with Crippen LogP contribution in [0.5, 0.6) is 0 Å². The van der Waals surface area contributed by atoms with E-state index < -0.39 is 5.91 Å². The summed E-state index contributed by atoms with van der Waals surface area (Å²) < 4.78 is 14.7. The Labute approximate surface area is 155 Å². The van der Waals surface area contributed by atoms with Crippen molar-refractivity contribution >= 4 is 23.4 Å². The molecule has 0 spiro atoms. The Morgan fingerprint density at radius 1 is 1.26 bits per heavy atom. The fourth-order valence-corrected chi connectivity index (χ4v) is 2.46. The number of halogens is 1. The first kappa shape index (κ1) is 18.3. The van der Waals surface area contributed by atoms with E-state index in [4.69, 9.17) is 5.73 Å². The molecule has 0 radical (unpaired) electrons. The zero-order valence-corrected chi connectivity index (χ0v) is 14.8. The number of nitrogens with zero attached hydrogens (tertiary/aromatic N) is 4. The minimum absolute atomic E-state index is 0.198. The number of benzene rings is 1. The summed E-state index contributed by atoms with van der Waals surface area (Å²) in [4.78, 5) is 20.1. The molecular formula is C18H20FN7O. The number of anilines is 3. The Bertz CT molecular complexity index is 924. The Morgan fingerprint density at radius 2 is 2.04 bits per heavy atom. The molecule has 0 atom stereocenters. The van der Waals surface area contributed by atoms with E-state index >= 15 is 0 Å². The van der Waals surface area contributed by atoms with Crippen LogP contribution in [-0.4, -0.2) is 32.2 Å². The van der Waals surface area contributed by atoms with Gasteiger partial charge in [-0.1, -0.05) is 12.1 Å². The van der Waals surface area contributed by atoms with Gasteiger partial charge in [0, 0.05) is 25.5 Å². The minimum atomic E-state index is -0.621. The van der Waals surface area contributed by atoms with Gasteiger partial charge in [-0.2, -0.15) is 10.1 Å². The lowest BCUT2D eigenvalue weighted by atomic mass is 10.1. The monoisotopic (exact) mass is 369 g/mol. The maximum absolute atomic E-state index is 13.0. The normalized spacial score (nSPS) is 10.6. The highest BCUT2D eigenvalue weighted by Gasteiger charge is 2.12. The Kier molecular flexibility index (Phi) is 5.60. The highest BCUT2D eigenvalue weighted by atomic mass is 19.1. The molecule has 0 bridgehead atoms. The first-order valence-corrected chi connectivity index (χ1v) is 8.50. The van der Waals surface area contributed by atoms with E-state index in [0.717, 1.165) is 17.8 Å². The summed E-state index contributed by atoms with van der Waals surface area (Å²) in [5.41, 5.74) is 7.30. The van der Waals surface area contributed by atoms with Gasteiger partial charge in [0.1, 0.15) is 11.6 Å². The molecule has 1 amide bonds. The summed E-state index contributed by atoms with van der Waals surface area (Å²) in [6.07, 6.45) is 5.50. The van der Waals surface area contributed by atoms with Crippen LogP contribution in [0.4, 0.5) is 21.8 Å². The zero-order valence-electron chi connectivity index (χ0n) is 14.8. The molecule has 0 aliphatic heterocycles. The number of hydrogen-bond acceptors (Lipinski definition) is 6.